The van der Waals surface area contributed by atoms with E-state index in [-0.39, 0.29) is 5.91 Å². The minimum Gasteiger partial charge on any atom is -0.379 e. The third-order valence-corrected chi connectivity index (χ3v) is 6.52. The molecule has 1 saturated carbocycles. The Morgan fingerprint density at radius 1 is 1.19 bits per heavy atom. The SMILES string of the molecule is C=C(/C=C(\NC)Nc1cc(C)nc(Nc2ccc(CCC(=O)NCCN3CCOCC3)cc2)n1)C1CC1. The van der Waals surface area contributed by atoms with Crippen molar-refractivity contribution >= 4 is 23.4 Å². The fourth-order valence-electron chi connectivity index (χ4n) is 4.16. The molecule has 1 amide bonds. The van der Waals surface area contributed by atoms with Crippen LogP contribution in [0.15, 0.2) is 54.4 Å². The van der Waals surface area contributed by atoms with E-state index in [1.165, 1.54) is 12.8 Å². The van der Waals surface area contributed by atoms with Gasteiger partial charge in [0.25, 0.3) is 0 Å². The Hall–Kier alpha value is -3.43. The molecule has 198 valence electrons. The van der Waals surface area contributed by atoms with Crippen LogP contribution in [-0.4, -0.2) is 67.2 Å². The highest BCUT2D eigenvalue weighted by molar-refractivity contribution is 5.76. The van der Waals surface area contributed by atoms with Crippen molar-refractivity contribution in [2.45, 2.75) is 32.6 Å². The van der Waals surface area contributed by atoms with Crippen molar-refractivity contribution in [1.82, 2.24) is 25.5 Å². The monoisotopic (exact) mass is 505 g/mol. The zero-order chi connectivity index (χ0) is 26.0. The Balaban J connectivity index is 1.25. The van der Waals surface area contributed by atoms with Crippen LogP contribution in [0.2, 0.25) is 0 Å². The van der Waals surface area contributed by atoms with Crippen LogP contribution in [0.25, 0.3) is 0 Å². The van der Waals surface area contributed by atoms with Crippen molar-refractivity contribution in [3.8, 4) is 0 Å². The summed E-state index contributed by atoms with van der Waals surface area (Å²) in [5, 5.41) is 12.8. The molecule has 4 N–H and O–H groups in total. The summed E-state index contributed by atoms with van der Waals surface area (Å²) in [6, 6.07) is 9.95. The number of morpholine rings is 1. The summed E-state index contributed by atoms with van der Waals surface area (Å²) in [4.78, 5) is 23.7. The second kappa shape index (κ2) is 13.2. The summed E-state index contributed by atoms with van der Waals surface area (Å²) in [6.07, 6.45) is 5.65. The van der Waals surface area contributed by atoms with E-state index in [2.05, 4.69) is 42.7 Å². The smallest absolute Gasteiger partial charge is 0.229 e. The summed E-state index contributed by atoms with van der Waals surface area (Å²) < 4.78 is 5.35. The van der Waals surface area contributed by atoms with E-state index in [1.807, 2.05) is 50.4 Å². The predicted octanol–water partition coefficient (Wildman–Crippen LogP) is 3.35. The minimum atomic E-state index is 0.0827. The summed E-state index contributed by atoms with van der Waals surface area (Å²) in [5.41, 5.74) is 3.99. The molecule has 2 aliphatic rings. The number of nitrogens with one attached hydrogen (secondary N) is 4. The Morgan fingerprint density at radius 2 is 1.95 bits per heavy atom. The Morgan fingerprint density at radius 3 is 2.65 bits per heavy atom. The Kier molecular flexibility index (Phi) is 9.51. The third-order valence-electron chi connectivity index (χ3n) is 6.52. The van der Waals surface area contributed by atoms with Gasteiger partial charge in [-0.15, -0.1) is 0 Å². The summed E-state index contributed by atoms with van der Waals surface area (Å²) in [7, 11) is 1.88. The topological polar surface area (TPSA) is 103 Å². The number of aryl methyl sites for hydroxylation is 2. The summed E-state index contributed by atoms with van der Waals surface area (Å²) in [5.74, 6) is 2.77. The number of amides is 1. The number of anilines is 3. The van der Waals surface area contributed by atoms with Crippen molar-refractivity contribution in [2.75, 3.05) is 57.1 Å². The summed E-state index contributed by atoms with van der Waals surface area (Å²) >= 11 is 0. The molecule has 37 heavy (non-hydrogen) atoms. The minimum absolute atomic E-state index is 0.0827. The number of rotatable bonds is 13. The molecule has 2 heterocycles. The highest BCUT2D eigenvalue weighted by atomic mass is 16.5. The van der Waals surface area contributed by atoms with Crippen LogP contribution in [0.5, 0.6) is 0 Å². The molecular formula is C28H39N7O2. The first kappa shape index (κ1) is 26.6. The first-order valence-electron chi connectivity index (χ1n) is 13.1. The van der Waals surface area contributed by atoms with Crippen LogP contribution in [0.3, 0.4) is 0 Å². The number of nitrogens with zero attached hydrogens (tertiary/aromatic N) is 3. The van der Waals surface area contributed by atoms with Gasteiger partial charge >= 0.3 is 0 Å². The molecule has 0 unspecified atom stereocenters. The highest BCUT2D eigenvalue weighted by Crippen LogP contribution is 2.36. The molecular weight excluding hydrogens is 466 g/mol. The third kappa shape index (κ3) is 8.87. The maximum Gasteiger partial charge on any atom is 0.229 e. The lowest BCUT2D eigenvalue weighted by atomic mass is 10.1. The van der Waals surface area contributed by atoms with Crippen LogP contribution >= 0.6 is 0 Å². The molecule has 0 radical (unpaired) electrons. The first-order valence-corrected chi connectivity index (χ1v) is 13.1. The van der Waals surface area contributed by atoms with Gasteiger partial charge in [0, 0.05) is 57.1 Å². The number of hydrogen-bond acceptors (Lipinski definition) is 8. The number of hydrogen-bond donors (Lipinski definition) is 4. The van der Waals surface area contributed by atoms with Gasteiger partial charge in [0.05, 0.1) is 13.2 Å². The van der Waals surface area contributed by atoms with E-state index in [0.29, 0.717) is 37.1 Å². The summed E-state index contributed by atoms with van der Waals surface area (Å²) in [6.45, 7) is 11.1. The van der Waals surface area contributed by atoms with Crippen LogP contribution in [0, 0.1) is 12.8 Å². The second-order valence-electron chi connectivity index (χ2n) is 9.63. The molecule has 1 aromatic carbocycles. The number of benzene rings is 1. The first-order chi connectivity index (χ1) is 18.0. The average Bonchev–Trinajstić information content (AvgIpc) is 3.74. The molecule has 2 aromatic rings. The van der Waals surface area contributed by atoms with Gasteiger partial charge in [-0.2, -0.15) is 4.98 Å². The normalized spacial score (nSPS) is 16.2. The molecule has 4 rings (SSSR count). The Bertz CT molecular complexity index is 1090. The van der Waals surface area contributed by atoms with Gasteiger partial charge in [-0.3, -0.25) is 9.69 Å². The molecule has 2 fully saturated rings. The lowest BCUT2D eigenvalue weighted by Gasteiger charge is -2.26. The van der Waals surface area contributed by atoms with E-state index in [0.717, 1.165) is 61.2 Å². The second-order valence-corrected chi connectivity index (χ2v) is 9.63. The number of ether oxygens (including phenoxy) is 1. The highest BCUT2D eigenvalue weighted by Gasteiger charge is 2.23. The maximum absolute atomic E-state index is 12.2. The zero-order valence-electron chi connectivity index (χ0n) is 22.0. The van der Waals surface area contributed by atoms with E-state index < -0.39 is 0 Å². The number of carbonyl (C=O) groups excluding carboxylic acids is 1. The van der Waals surface area contributed by atoms with Crippen molar-refractivity contribution < 1.29 is 9.53 Å². The van der Waals surface area contributed by atoms with Crippen LogP contribution in [-0.2, 0) is 16.0 Å². The van der Waals surface area contributed by atoms with Crippen molar-refractivity contribution in [2.24, 2.45) is 5.92 Å². The van der Waals surface area contributed by atoms with Gasteiger partial charge in [0.2, 0.25) is 11.9 Å². The molecule has 0 atom stereocenters. The van der Waals surface area contributed by atoms with Crippen molar-refractivity contribution in [3.63, 3.8) is 0 Å². The van der Waals surface area contributed by atoms with E-state index >= 15 is 0 Å². The largest absolute Gasteiger partial charge is 0.379 e. The number of carbonyl (C=O) groups is 1. The van der Waals surface area contributed by atoms with Gasteiger partial charge in [0.15, 0.2) is 0 Å². The lowest BCUT2D eigenvalue weighted by Crippen LogP contribution is -2.41. The standard InChI is InChI=1S/C28H39N7O2/c1-20(23-7-8-23)18-25(29-3)33-26-19-21(2)31-28(34-26)32-24-9-4-22(5-10-24)6-11-27(36)30-12-13-35-14-16-37-17-15-35/h4-5,9-10,18-19,23,29H,1,6-8,11-17H2,2-3H3,(H,30,36)(H2,31,32,33,34)/b25-18+. The van der Waals surface area contributed by atoms with Crippen LogP contribution in [0.1, 0.15) is 30.5 Å². The van der Waals surface area contributed by atoms with Crippen molar-refractivity contribution in [3.05, 3.63) is 65.6 Å². The molecule has 0 spiro atoms. The fraction of sp³-hybridized carbons (Fsp3) is 0.464. The fourth-order valence-corrected chi connectivity index (χ4v) is 4.16. The van der Waals surface area contributed by atoms with E-state index in [9.17, 15) is 4.79 Å². The zero-order valence-corrected chi connectivity index (χ0v) is 22.0. The lowest BCUT2D eigenvalue weighted by molar-refractivity contribution is -0.121. The Labute approximate surface area is 219 Å². The van der Waals surface area contributed by atoms with Crippen LogP contribution < -0.4 is 21.3 Å². The van der Waals surface area contributed by atoms with Gasteiger partial charge < -0.3 is 26.0 Å². The average molecular weight is 506 g/mol. The quantitative estimate of drug-likeness (QED) is 0.308. The maximum atomic E-state index is 12.2. The van der Waals surface area contributed by atoms with Gasteiger partial charge in [-0.25, -0.2) is 4.98 Å². The molecule has 0 bridgehead atoms. The molecule has 9 heteroatoms. The molecule has 1 saturated heterocycles. The van der Waals surface area contributed by atoms with Gasteiger partial charge in [-0.05, 0) is 61.4 Å². The predicted molar refractivity (Wildman–Crippen MR) is 148 cm³/mol. The molecule has 1 aromatic heterocycles. The molecule has 1 aliphatic carbocycles. The van der Waals surface area contributed by atoms with Crippen molar-refractivity contribution in [1.29, 1.82) is 0 Å². The molecule has 9 nitrogen and oxygen atoms in total. The van der Waals surface area contributed by atoms with Gasteiger partial charge in [-0.1, -0.05) is 18.7 Å². The van der Waals surface area contributed by atoms with E-state index in [1.54, 1.807) is 0 Å². The van der Waals surface area contributed by atoms with Crippen LogP contribution in [0.4, 0.5) is 17.5 Å². The number of aromatic nitrogens is 2. The van der Waals surface area contributed by atoms with Gasteiger partial charge in [0.1, 0.15) is 11.6 Å². The molecule has 1 aliphatic heterocycles. The van der Waals surface area contributed by atoms with E-state index in [4.69, 9.17) is 4.74 Å². The number of allylic oxidation sites excluding steroid dienone is 2.